The first-order chi connectivity index (χ1) is 15.2. The van der Waals surface area contributed by atoms with Gasteiger partial charge in [-0.1, -0.05) is 73.3 Å². The SMILES string of the molecule is C=c1[nH]n(-c2ccccc2)c(=O)c1=Cc1cn(-c2ccccc2)nc1-c1ccccc1. The lowest BCUT2D eigenvalue weighted by Crippen LogP contribution is -2.33. The van der Waals surface area contributed by atoms with E-state index in [1.807, 2.05) is 108 Å². The number of aromatic nitrogens is 4. The fourth-order valence-corrected chi connectivity index (χ4v) is 3.58. The largest absolute Gasteiger partial charge is 0.291 e. The van der Waals surface area contributed by atoms with Crippen LogP contribution in [-0.2, 0) is 0 Å². The molecule has 0 spiro atoms. The molecule has 5 heteroatoms. The zero-order valence-electron chi connectivity index (χ0n) is 16.8. The second-order valence-electron chi connectivity index (χ2n) is 7.20. The molecule has 31 heavy (non-hydrogen) atoms. The lowest BCUT2D eigenvalue weighted by Gasteiger charge is -2.00. The Hall–Kier alpha value is -4.38. The topological polar surface area (TPSA) is 55.6 Å². The second kappa shape index (κ2) is 7.80. The first kappa shape index (κ1) is 18.6. The summed E-state index contributed by atoms with van der Waals surface area (Å²) in [5.74, 6) is 0. The molecular formula is C26H20N4O. The maximum atomic E-state index is 13.2. The normalized spacial score (nSPS) is 11.7. The first-order valence-corrected chi connectivity index (χ1v) is 9.98. The summed E-state index contributed by atoms with van der Waals surface area (Å²) in [4.78, 5) is 13.2. The maximum Gasteiger partial charge on any atom is 0.279 e. The average Bonchev–Trinajstić information content (AvgIpc) is 3.37. The lowest BCUT2D eigenvalue weighted by molar-refractivity contribution is 0.838. The van der Waals surface area contributed by atoms with E-state index in [2.05, 4.69) is 11.7 Å². The molecule has 0 amide bonds. The average molecular weight is 404 g/mol. The van der Waals surface area contributed by atoms with Crippen LogP contribution in [0.2, 0.25) is 0 Å². The molecule has 2 heterocycles. The molecule has 5 nitrogen and oxygen atoms in total. The zero-order chi connectivity index (χ0) is 21.2. The number of nitrogens with one attached hydrogen (secondary N) is 1. The molecule has 0 radical (unpaired) electrons. The van der Waals surface area contributed by atoms with Crippen molar-refractivity contribution in [3.8, 4) is 22.6 Å². The smallest absolute Gasteiger partial charge is 0.279 e. The summed E-state index contributed by atoms with van der Waals surface area (Å²) >= 11 is 0. The molecule has 5 aromatic rings. The number of nitrogens with zero attached hydrogens (tertiary/aromatic N) is 3. The zero-order valence-corrected chi connectivity index (χ0v) is 16.8. The molecule has 1 N–H and O–H groups in total. The van der Waals surface area contributed by atoms with Gasteiger partial charge in [-0.25, -0.2) is 9.36 Å². The van der Waals surface area contributed by atoms with Gasteiger partial charge in [-0.3, -0.25) is 9.89 Å². The van der Waals surface area contributed by atoms with Gasteiger partial charge in [0.1, 0.15) is 0 Å². The monoisotopic (exact) mass is 404 g/mol. The molecule has 0 fully saturated rings. The first-order valence-electron chi connectivity index (χ1n) is 9.98. The number of aromatic amines is 1. The molecule has 0 aliphatic carbocycles. The van der Waals surface area contributed by atoms with E-state index in [4.69, 9.17) is 5.10 Å². The molecule has 0 aliphatic rings. The van der Waals surface area contributed by atoms with Crippen molar-refractivity contribution in [1.82, 2.24) is 19.6 Å². The summed E-state index contributed by atoms with van der Waals surface area (Å²) < 4.78 is 3.34. The highest BCUT2D eigenvalue weighted by Gasteiger charge is 2.12. The van der Waals surface area contributed by atoms with Gasteiger partial charge in [0, 0.05) is 17.3 Å². The van der Waals surface area contributed by atoms with Crippen LogP contribution in [-0.4, -0.2) is 19.6 Å². The lowest BCUT2D eigenvalue weighted by atomic mass is 10.1. The molecule has 0 aliphatic heterocycles. The minimum absolute atomic E-state index is 0.150. The van der Waals surface area contributed by atoms with Crippen LogP contribution in [0.5, 0.6) is 0 Å². The highest BCUT2D eigenvalue weighted by atomic mass is 16.1. The third-order valence-corrected chi connectivity index (χ3v) is 5.13. The fourth-order valence-electron chi connectivity index (χ4n) is 3.58. The fraction of sp³-hybridized carbons (Fsp3) is 0. The van der Waals surface area contributed by atoms with Crippen LogP contribution in [0, 0.1) is 0 Å². The van der Waals surface area contributed by atoms with Crippen molar-refractivity contribution < 1.29 is 0 Å². The predicted molar refractivity (Wildman–Crippen MR) is 124 cm³/mol. The second-order valence-corrected chi connectivity index (χ2v) is 7.20. The summed E-state index contributed by atoms with van der Waals surface area (Å²) in [6.07, 6.45) is 3.80. The van der Waals surface area contributed by atoms with Gasteiger partial charge in [-0.05, 0) is 30.3 Å². The van der Waals surface area contributed by atoms with Crippen LogP contribution < -0.4 is 16.1 Å². The van der Waals surface area contributed by atoms with Crippen LogP contribution in [0.25, 0.3) is 35.3 Å². The van der Waals surface area contributed by atoms with Gasteiger partial charge < -0.3 is 0 Å². The van der Waals surface area contributed by atoms with Gasteiger partial charge in [0.15, 0.2) is 0 Å². The standard InChI is InChI=1S/C26H20N4O/c1-19-24(26(31)30(27-19)23-15-9-4-10-16-23)17-21-18-29(22-13-7-3-8-14-22)28-25(21)20-11-5-2-6-12-20/h2-18,27H,1H2. The predicted octanol–water partition coefficient (Wildman–Crippen LogP) is 3.26. The van der Waals surface area contributed by atoms with Crippen molar-refractivity contribution >= 4 is 12.7 Å². The quantitative estimate of drug-likeness (QED) is 0.500. The Morgan fingerprint density at radius 1 is 0.806 bits per heavy atom. The van der Waals surface area contributed by atoms with Crippen LogP contribution in [0.3, 0.4) is 0 Å². The van der Waals surface area contributed by atoms with Crippen molar-refractivity contribution in [2.45, 2.75) is 0 Å². The number of rotatable bonds is 4. The summed E-state index contributed by atoms with van der Waals surface area (Å²) in [5.41, 5.74) is 4.19. The molecule has 3 aromatic carbocycles. The summed E-state index contributed by atoms with van der Waals surface area (Å²) in [6.45, 7) is 4.06. The van der Waals surface area contributed by atoms with Crippen molar-refractivity contribution in [2.24, 2.45) is 0 Å². The van der Waals surface area contributed by atoms with E-state index in [0.29, 0.717) is 10.6 Å². The van der Waals surface area contributed by atoms with Crippen LogP contribution in [0.15, 0.2) is 102 Å². The Bertz CT molecular complexity index is 1490. The number of benzene rings is 3. The molecule has 2 aromatic heterocycles. The van der Waals surface area contributed by atoms with Crippen molar-refractivity contribution in [2.75, 3.05) is 0 Å². The molecule has 0 unspecified atom stereocenters. The van der Waals surface area contributed by atoms with E-state index in [0.717, 1.165) is 28.2 Å². The van der Waals surface area contributed by atoms with Crippen LogP contribution in [0.1, 0.15) is 5.56 Å². The Kier molecular flexibility index (Phi) is 4.69. The van der Waals surface area contributed by atoms with Crippen molar-refractivity contribution in [1.29, 1.82) is 0 Å². The van der Waals surface area contributed by atoms with Crippen LogP contribution >= 0.6 is 0 Å². The van der Waals surface area contributed by atoms with Crippen molar-refractivity contribution in [3.63, 3.8) is 0 Å². The Balaban J connectivity index is 1.72. The van der Waals surface area contributed by atoms with Gasteiger partial charge in [-0.2, -0.15) is 5.10 Å². The van der Waals surface area contributed by atoms with E-state index in [1.54, 1.807) is 0 Å². The molecule has 150 valence electrons. The highest BCUT2D eigenvalue weighted by Crippen LogP contribution is 2.24. The third-order valence-electron chi connectivity index (χ3n) is 5.13. The number of H-pyrrole nitrogens is 1. The van der Waals surface area contributed by atoms with E-state index in [1.165, 1.54) is 4.68 Å². The van der Waals surface area contributed by atoms with E-state index in [9.17, 15) is 4.79 Å². The van der Waals surface area contributed by atoms with Crippen molar-refractivity contribution in [3.05, 3.63) is 124 Å². The Morgan fingerprint density at radius 3 is 2.03 bits per heavy atom. The maximum absolute atomic E-state index is 13.2. The number of para-hydroxylation sites is 2. The number of hydrogen-bond donors (Lipinski definition) is 1. The molecular weight excluding hydrogens is 384 g/mol. The molecule has 0 saturated heterocycles. The minimum Gasteiger partial charge on any atom is -0.291 e. The van der Waals surface area contributed by atoms with Crippen LogP contribution in [0.4, 0.5) is 0 Å². The molecule has 0 saturated carbocycles. The van der Waals surface area contributed by atoms with E-state index in [-0.39, 0.29) is 5.56 Å². The summed E-state index contributed by atoms with van der Waals surface area (Å²) in [5, 5.41) is 8.96. The third kappa shape index (κ3) is 3.53. The molecule has 5 rings (SSSR count). The highest BCUT2D eigenvalue weighted by molar-refractivity contribution is 5.71. The summed E-state index contributed by atoms with van der Waals surface area (Å²) in [7, 11) is 0. The van der Waals surface area contributed by atoms with E-state index >= 15 is 0 Å². The Labute approximate surface area is 178 Å². The van der Waals surface area contributed by atoms with E-state index < -0.39 is 0 Å². The molecule has 0 atom stereocenters. The van der Waals surface area contributed by atoms with Gasteiger partial charge in [0.05, 0.1) is 27.6 Å². The van der Waals surface area contributed by atoms with Gasteiger partial charge in [0.2, 0.25) is 0 Å². The van der Waals surface area contributed by atoms with Gasteiger partial charge in [0.25, 0.3) is 5.56 Å². The molecule has 0 bridgehead atoms. The number of hydrogen-bond acceptors (Lipinski definition) is 2. The van der Waals surface area contributed by atoms with Gasteiger partial charge >= 0.3 is 0 Å². The summed E-state index contributed by atoms with van der Waals surface area (Å²) in [6, 6.07) is 29.3. The van der Waals surface area contributed by atoms with Gasteiger partial charge in [-0.15, -0.1) is 0 Å². The minimum atomic E-state index is -0.150. The Morgan fingerprint density at radius 2 is 1.39 bits per heavy atom.